The van der Waals surface area contributed by atoms with Crippen LogP contribution in [0.1, 0.15) is 10.4 Å². The van der Waals surface area contributed by atoms with Crippen molar-refractivity contribution in [2.24, 2.45) is 0 Å². The fourth-order valence-electron chi connectivity index (χ4n) is 1.20. The third-order valence-corrected chi connectivity index (χ3v) is 3.68. The van der Waals surface area contributed by atoms with Crippen LogP contribution in [0.25, 0.3) is 0 Å². The lowest BCUT2D eigenvalue weighted by atomic mass is 10.4. The predicted molar refractivity (Wildman–Crippen MR) is 62.5 cm³/mol. The first-order valence-electron chi connectivity index (χ1n) is 4.17. The maximum Gasteiger partial charge on any atom is 0.125 e. The molecule has 0 aromatic carbocycles. The number of aryl methyl sites for hydroxylation is 1. The first kappa shape index (κ1) is 9.73. The van der Waals surface area contributed by atoms with E-state index in [4.69, 9.17) is 5.73 Å². The molecule has 2 N–H and O–H groups in total. The standard InChI is InChI=1S/C9H10BrN3S/c1-6-3-12-13(9(6)11)4-8-2-7(10)5-14-8/h2-3,5H,4,11H2,1H3. The summed E-state index contributed by atoms with van der Waals surface area (Å²) in [6.45, 7) is 2.71. The van der Waals surface area contributed by atoms with E-state index in [-0.39, 0.29) is 0 Å². The zero-order valence-corrected chi connectivity index (χ0v) is 10.1. The van der Waals surface area contributed by atoms with Crippen molar-refractivity contribution in [3.63, 3.8) is 0 Å². The summed E-state index contributed by atoms with van der Waals surface area (Å²) in [6.07, 6.45) is 1.79. The molecule has 0 fully saturated rings. The van der Waals surface area contributed by atoms with Crippen LogP contribution >= 0.6 is 27.3 Å². The number of hydrogen-bond acceptors (Lipinski definition) is 3. The molecule has 0 saturated carbocycles. The molecule has 0 bridgehead atoms. The van der Waals surface area contributed by atoms with Gasteiger partial charge in [-0.1, -0.05) is 0 Å². The van der Waals surface area contributed by atoms with Crippen LogP contribution in [0, 0.1) is 6.92 Å². The predicted octanol–water partition coefficient (Wildman–Crippen LogP) is 2.65. The number of nitrogen functional groups attached to an aromatic ring is 1. The average molecular weight is 272 g/mol. The Kier molecular flexibility index (Phi) is 2.60. The number of halogens is 1. The minimum atomic E-state index is 0.745. The summed E-state index contributed by atoms with van der Waals surface area (Å²) in [5.41, 5.74) is 6.88. The van der Waals surface area contributed by atoms with Crippen LogP contribution in [0.2, 0.25) is 0 Å². The zero-order chi connectivity index (χ0) is 10.1. The van der Waals surface area contributed by atoms with Crippen molar-refractivity contribution < 1.29 is 0 Å². The fraction of sp³-hybridized carbons (Fsp3) is 0.222. The van der Waals surface area contributed by atoms with Gasteiger partial charge in [0.05, 0.1) is 12.7 Å². The van der Waals surface area contributed by atoms with Gasteiger partial charge in [-0.2, -0.15) is 5.10 Å². The van der Waals surface area contributed by atoms with E-state index < -0.39 is 0 Å². The van der Waals surface area contributed by atoms with Crippen LogP contribution in [-0.4, -0.2) is 9.78 Å². The van der Waals surface area contributed by atoms with Crippen LogP contribution in [0.5, 0.6) is 0 Å². The highest BCUT2D eigenvalue weighted by molar-refractivity contribution is 9.10. The van der Waals surface area contributed by atoms with Crippen molar-refractivity contribution in [2.75, 3.05) is 5.73 Å². The quantitative estimate of drug-likeness (QED) is 0.913. The van der Waals surface area contributed by atoms with Crippen LogP contribution in [-0.2, 0) is 6.54 Å². The van der Waals surface area contributed by atoms with E-state index in [0.717, 1.165) is 22.4 Å². The molecule has 2 aromatic heterocycles. The molecule has 2 heterocycles. The van der Waals surface area contributed by atoms with Gasteiger partial charge in [0.2, 0.25) is 0 Å². The summed E-state index contributed by atoms with van der Waals surface area (Å²) >= 11 is 5.12. The van der Waals surface area contributed by atoms with Crippen LogP contribution in [0.4, 0.5) is 5.82 Å². The van der Waals surface area contributed by atoms with Gasteiger partial charge in [0.1, 0.15) is 5.82 Å². The zero-order valence-electron chi connectivity index (χ0n) is 7.70. The molecule has 0 radical (unpaired) electrons. The van der Waals surface area contributed by atoms with E-state index in [1.165, 1.54) is 4.88 Å². The Hall–Kier alpha value is -0.810. The molecule has 0 aliphatic rings. The minimum Gasteiger partial charge on any atom is -0.384 e. The van der Waals surface area contributed by atoms with Gasteiger partial charge in [-0.05, 0) is 28.9 Å². The van der Waals surface area contributed by atoms with E-state index in [2.05, 4.69) is 32.5 Å². The number of hydrogen-bond donors (Lipinski definition) is 1. The van der Waals surface area contributed by atoms with E-state index in [1.54, 1.807) is 17.5 Å². The van der Waals surface area contributed by atoms with Crippen molar-refractivity contribution in [3.8, 4) is 0 Å². The number of nitrogens with two attached hydrogens (primary N) is 1. The van der Waals surface area contributed by atoms with Crippen molar-refractivity contribution in [3.05, 3.63) is 32.6 Å². The van der Waals surface area contributed by atoms with Crippen LogP contribution < -0.4 is 5.73 Å². The molecule has 2 aromatic rings. The summed E-state index contributed by atoms with van der Waals surface area (Å²) < 4.78 is 2.92. The Morgan fingerprint density at radius 1 is 1.64 bits per heavy atom. The first-order chi connectivity index (χ1) is 6.66. The van der Waals surface area contributed by atoms with Gasteiger partial charge in [-0.3, -0.25) is 0 Å². The Morgan fingerprint density at radius 3 is 2.93 bits per heavy atom. The minimum absolute atomic E-state index is 0.745. The van der Waals surface area contributed by atoms with E-state index in [0.29, 0.717) is 0 Å². The molecule has 74 valence electrons. The molecule has 0 aliphatic carbocycles. The maximum absolute atomic E-state index is 5.85. The highest BCUT2D eigenvalue weighted by atomic mass is 79.9. The monoisotopic (exact) mass is 271 g/mol. The van der Waals surface area contributed by atoms with Crippen molar-refractivity contribution in [2.45, 2.75) is 13.5 Å². The molecule has 0 atom stereocenters. The van der Waals surface area contributed by atoms with Crippen LogP contribution in [0.15, 0.2) is 22.1 Å². The lowest BCUT2D eigenvalue weighted by Crippen LogP contribution is -2.04. The molecule has 0 spiro atoms. The number of anilines is 1. The summed E-state index contributed by atoms with van der Waals surface area (Å²) in [7, 11) is 0. The van der Waals surface area contributed by atoms with Gasteiger partial charge >= 0.3 is 0 Å². The largest absolute Gasteiger partial charge is 0.384 e. The second-order valence-corrected chi connectivity index (χ2v) is 5.01. The van der Waals surface area contributed by atoms with E-state index >= 15 is 0 Å². The number of aromatic nitrogens is 2. The molecule has 5 heteroatoms. The molecule has 0 aliphatic heterocycles. The summed E-state index contributed by atoms with van der Waals surface area (Å²) in [5, 5.41) is 6.26. The van der Waals surface area contributed by atoms with Crippen molar-refractivity contribution in [1.29, 1.82) is 0 Å². The Balaban J connectivity index is 2.22. The van der Waals surface area contributed by atoms with Gasteiger partial charge in [0.25, 0.3) is 0 Å². The Morgan fingerprint density at radius 2 is 2.43 bits per heavy atom. The first-order valence-corrected chi connectivity index (χ1v) is 5.85. The normalized spacial score (nSPS) is 10.7. The van der Waals surface area contributed by atoms with Gasteiger partial charge in [-0.15, -0.1) is 11.3 Å². The van der Waals surface area contributed by atoms with E-state index in [9.17, 15) is 0 Å². The molecular formula is C9H10BrN3S. The van der Waals surface area contributed by atoms with E-state index in [1.807, 2.05) is 11.6 Å². The van der Waals surface area contributed by atoms with Crippen molar-refractivity contribution >= 4 is 33.1 Å². The SMILES string of the molecule is Cc1cnn(Cc2cc(Br)cs2)c1N. The molecule has 3 nitrogen and oxygen atoms in total. The lowest BCUT2D eigenvalue weighted by Gasteiger charge is -2.01. The van der Waals surface area contributed by atoms with Crippen LogP contribution in [0.3, 0.4) is 0 Å². The smallest absolute Gasteiger partial charge is 0.125 e. The number of nitrogens with zero attached hydrogens (tertiary/aromatic N) is 2. The van der Waals surface area contributed by atoms with Crippen molar-refractivity contribution in [1.82, 2.24) is 9.78 Å². The van der Waals surface area contributed by atoms with Gasteiger partial charge in [0, 0.05) is 20.3 Å². The maximum atomic E-state index is 5.85. The number of rotatable bonds is 2. The molecular weight excluding hydrogens is 262 g/mol. The number of thiophene rings is 1. The Bertz CT molecular complexity index is 447. The summed E-state index contributed by atoms with van der Waals surface area (Å²) in [4.78, 5) is 1.24. The second-order valence-electron chi connectivity index (χ2n) is 3.10. The second kappa shape index (κ2) is 3.74. The lowest BCUT2D eigenvalue weighted by molar-refractivity contribution is 0.705. The van der Waals surface area contributed by atoms with Gasteiger partial charge in [-0.25, -0.2) is 4.68 Å². The topological polar surface area (TPSA) is 43.8 Å². The summed E-state index contributed by atoms with van der Waals surface area (Å²) in [5.74, 6) is 0.745. The molecule has 0 unspecified atom stereocenters. The third kappa shape index (κ3) is 1.83. The summed E-state index contributed by atoms with van der Waals surface area (Å²) in [6, 6.07) is 2.08. The Labute approximate surface area is 94.7 Å². The van der Waals surface area contributed by atoms with Gasteiger partial charge < -0.3 is 5.73 Å². The fourth-order valence-corrected chi connectivity index (χ4v) is 2.63. The third-order valence-electron chi connectivity index (χ3n) is 2.00. The highest BCUT2D eigenvalue weighted by Crippen LogP contribution is 2.21. The average Bonchev–Trinajstić information content (AvgIpc) is 2.67. The molecule has 0 saturated heterocycles. The molecule has 0 amide bonds. The molecule has 2 rings (SSSR count). The van der Waals surface area contributed by atoms with Gasteiger partial charge in [0.15, 0.2) is 0 Å². The molecule has 14 heavy (non-hydrogen) atoms. The highest BCUT2D eigenvalue weighted by Gasteiger charge is 2.05.